The van der Waals surface area contributed by atoms with Gasteiger partial charge in [-0.1, -0.05) is 37.3 Å². The summed E-state index contributed by atoms with van der Waals surface area (Å²) in [5.41, 5.74) is 3.34. The Balaban J connectivity index is 1.20. The van der Waals surface area contributed by atoms with Crippen LogP contribution in [0.15, 0.2) is 71.6 Å². The number of nitrogens with zero attached hydrogens (tertiary/aromatic N) is 2. The lowest BCUT2D eigenvalue weighted by atomic mass is 9.67. The fourth-order valence-electron chi connectivity index (χ4n) is 6.56. The second-order valence-corrected chi connectivity index (χ2v) is 13.9. The van der Waals surface area contributed by atoms with E-state index in [0.717, 1.165) is 28.6 Å². The van der Waals surface area contributed by atoms with E-state index in [1.54, 1.807) is 14.2 Å². The quantitative estimate of drug-likeness (QED) is 0.110. The van der Waals surface area contributed by atoms with Gasteiger partial charge in [0.05, 0.1) is 0 Å². The number of piperazine rings is 1. The van der Waals surface area contributed by atoms with Gasteiger partial charge >= 0.3 is 12.1 Å². The van der Waals surface area contributed by atoms with Crippen LogP contribution < -0.4 is 14.2 Å². The summed E-state index contributed by atoms with van der Waals surface area (Å²) in [5.74, 6) is -1.48. The molecule has 50 heavy (non-hydrogen) atoms. The van der Waals surface area contributed by atoms with Crippen molar-refractivity contribution in [3.63, 3.8) is 0 Å². The predicted molar refractivity (Wildman–Crippen MR) is 183 cm³/mol. The van der Waals surface area contributed by atoms with E-state index in [0.29, 0.717) is 39.3 Å². The van der Waals surface area contributed by atoms with Crippen LogP contribution in [-0.2, 0) is 14.9 Å². The second kappa shape index (κ2) is 16.9. The molecule has 13 heteroatoms. The molecule has 2 aliphatic heterocycles. The Morgan fingerprint density at radius 2 is 1.30 bits per heavy atom. The second-order valence-electron chi connectivity index (χ2n) is 12.9. The van der Waals surface area contributed by atoms with Crippen molar-refractivity contribution in [3.05, 3.63) is 83.4 Å². The van der Waals surface area contributed by atoms with Gasteiger partial charge in [0.25, 0.3) is 0 Å². The molecule has 0 aliphatic carbocycles. The maximum Gasteiger partial charge on any atom is 0.453 e. The van der Waals surface area contributed by atoms with Crippen molar-refractivity contribution in [2.45, 2.75) is 48.1 Å². The minimum atomic E-state index is -5.50. The third kappa shape index (κ3) is 9.41. The first-order chi connectivity index (χ1) is 23.9. The molecule has 2 aliphatic rings. The number of thioether (sulfide) groups is 1. The van der Waals surface area contributed by atoms with Gasteiger partial charge in [0, 0.05) is 75.3 Å². The highest BCUT2D eigenvalue weighted by atomic mass is 32.2. The van der Waals surface area contributed by atoms with E-state index in [1.807, 2.05) is 47.0 Å². The zero-order chi connectivity index (χ0) is 35.8. The Labute approximate surface area is 295 Å². The number of methoxy groups -OCH3 is 2. The van der Waals surface area contributed by atoms with Gasteiger partial charge in [-0.3, -0.25) is 4.90 Å². The highest BCUT2D eigenvalue weighted by Gasteiger charge is 2.56. The molecule has 1 fully saturated rings. The Morgan fingerprint density at radius 1 is 0.740 bits per heavy atom. The van der Waals surface area contributed by atoms with Gasteiger partial charge < -0.3 is 28.6 Å². The first-order valence-corrected chi connectivity index (χ1v) is 17.6. The molecule has 2 atom stereocenters. The molecule has 3 aromatic carbocycles. The van der Waals surface area contributed by atoms with Gasteiger partial charge in [-0.05, 0) is 66.1 Å². The van der Waals surface area contributed by atoms with Crippen molar-refractivity contribution in [1.82, 2.24) is 9.80 Å². The molecule has 0 aromatic heterocycles. The van der Waals surface area contributed by atoms with Crippen LogP contribution in [0.5, 0.6) is 17.2 Å². The van der Waals surface area contributed by atoms with Crippen molar-refractivity contribution in [1.29, 1.82) is 0 Å². The number of hydrogen-bond donors (Lipinski definition) is 0. The van der Waals surface area contributed by atoms with Gasteiger partial charge in [-0.25, -0.2) is 0 Å². The largest absolute Gasteiger partial charge is 0.492 e. The molecule has 7 nitrogen and oxygen atoms in total. The minimum Gasteiger partial charge on any atom is -0.492 e. The summed E-state index contributed by atoms with van der Waals surface area (Å²) in [4.78, 5) is 5.32. The Morgan fingerprint density at radius 3 is 1.92 bits per heavy atom. The van der Waals surface area contributed by atoms with Crippen LogP contribution in [0.3, 0.4) is 0 Å². The van der Waals surface area contributed by atoms with Crippen molar-refractivity contribution >= 4 is 11.8 Å². The van der Waals surface area contributed by atoms with Crippen LogP contribution in [0.4, 0.5) is 22.0 Å². The molecular formula is C37H45F5N2O5S. The average Bonchev–Trinajstić information content (AvgIpc) is 3.10. The van der Waals surface area contributed by atoms with Crippen LogP contribution in [0.1, 0.15) is 42.4 Å². The molecule has 0 N–H and O–H groups in total. The number of halogens is 5. The molecule has 3 aromatic rings. The van der Waals surface area contributed by atoms with Gasteiger partial charge in [-0.2, -0.15) is 22.0 Å². The van der Waals surface area contributed by atoms with Crippen LogP contribution in [0.25, 0.3) is 0 Å². The van der Waals surface area contributed by atoms with Crippen molar-refractivity contribution in [2.75, 3.05) is 79.4 Å². The molecule has 274 valence electrons. The summed E-state index contributed by atoms with van der Waals surface area (Å²) in [7, 11) is 3.19. The summed E-state index contributed by atoms with van der Waals surface area (Å²) in [6, 6.07) is 22.7. The van der Waals surface area contributed by atoms with Crippen molar-refractivity contribution in [2.24, 2.45) is 0 Å². The lowest BCUT2D eigenvalue weighted by Gasteiger charge is -2.43. The average molecular weight is 725 g/mol. The van der Waals surface area contributed by atoms with Gasteiger partial charge in [-0.15, -0.1) is 11.8 Å². The summed E-state index contributed by atoms with van der Waals surface area (Å²) in [6.07, 6.45) is -6.88. The lowest BCUT2D eigenvalue weighted by molar-refractivity contribution is -0.284. The van der Waals surface area contributed by atoms with E-state index >= 15 is 0 Å². The topological polar surface area (TPSA) is 52.6 Å². The van der Waals surface area contributed by atoms with Gasteiger partial charge in [0.15, 0.2) is 13.6 Å². The van der Waals surface area contributed by atoms with E-state index in [1.165, 1.54) is 16.0 Å². The van der Waals surface area contributed by atoms with Crippen LogP contribution >= 0.6 is 11.8 Å². The molecule has 5 rings (SSSR count). The van der Waals surface area contributed by atoms with E-state index < -0.39 is 18.5 Å². The minimum absolute atomic E-state index is 0.0472. The van der Waals surface area contributed by atoms with Crippen molar-refractivity contribution in [3.8, 4) is 17.2 Å². The maximum absolute atomic E-state index is 13.2. The van der Waals surface area contributed by atoms with E-state index in [2.05, 4.69) is 48.2 Å². The highest BCUT2D eigenvalue weighted by Crippen LogP contribution is 2.53. The molecule has 0 bridgehead atoms. The monoisotopic (exact) mass is 724 g/mol. The Hall–Kier alpha value is -3.10. The number of hydrogen-bond acceptors (Lipinski definition) is 8. The normalized spacial score (nSPS) is 20.4. The lowest BCUT2D eigenvalue weighted by Crippen LogP contribution is -2.48. The molecule has 0 radical (unpaired) electrons. The standard InChI is InChI=1S/C37H45F5N2O5S/c1-35(28-7-11-30(12-8-28)48-25-45-2)24-50-33-23-31(49-26-46-3)13-14-32(33)34(35)27-5-9-29(10-6-27)47-22-21-44-19-17-43(18-20-44)16-4-15-36(38,39)37(40,41)42/h5-14,23,34H,4,15-22,24-26H2,1-3H3. The summed E-state index contributed by atoms with van der Waals surface area (Å²) >= 11 is 1.81. The fraction of sp³-hybridized carbons (Fsp3) is 0.514. The van der Waals surface area contributed by atoms with Crippen LogP contribution in [0.2, 0.25) is 0 Å². The smallest absolute Gasteiger partial charge is 0.453 e. The van der Waals surface area contributed by atoms with E-state index in [9.17, 15) is 22.0 Å². The third-order valence-electron chi connectivity index (χ3n) is 9.40. The molecule has 0 spiro atoms. The molecular weight excluding hydrogens is 679 g/mol. The number of rotatable bonds is 16. The Bertz CT molecular complexity index is 1500. The maximum atomic E-state index is 13.2. The van der Waals surface area contributed by atoms with Crippen molar-refractivity contribution < 1.29 is 45.6 Å². The Kier molecular flexibility index (Phi) is 12.9. The van der Waals surface area contributed by atoms with Gasteiger partial charge in [0.1, 0.15) is 23.9 Å². The number of ether oxygens (including phenoxy) is 5. The fourth-order valence-corrected chi connectivity index (χ4v) is 7.90. The molecule has 1 saturated heterocycles. The van der Waals surface area contributed by atoms with E-state index in [-0.39, 0.29) is 37.9 Å². The van der Waals surface area contributed by atoms with Gasteiger partial charge in [0.2, 0.25) is 0 Å². The molecule has 2 unspecified atom stereocenters. The molecule has 0 saturated carbocycles. The first-order valence-electron chi connectivity index (χ1n) is 16.7. The predicted octanol–water partition coefficient (Wildman–Crippen LogP) is 7.82. The molecule has 2 heterocycles. The third-order valence-corrected chi connectivity index (χ3v) is 10.8. The number of alkyl halides is 5. The molecule has 0 amide bonds. The van der Waals surface area contributed by atoms with Crippen LogP contribution in [0, 0.1) is 0 Å². The zero-order valence-electron chi connectivity index (χ0n) is 28.6. The number of fused-ring (bicyclic) bond motifs is 1. The van der Waals surface area contributed by atoms with Crippen LogP contribution in [-0.4, -0.2) is 101 Å². The van der Waals surface area contributed by atoms with E-state index in [4.69, 9.17) is 23.7 Å². The SMILES string of the molecule is COCOc1ccc(C2(C)CSc3cc(OCOC)ccc3C2c2ccc(OCCN3CCN(CCCC(F)(F)C(F)(F)F)CC3)cc2)cc1. The number of benzene rings is 3. The first kappa shape index (κ1) is 38.1. The summed E-state index contributed by atoms with van der Waals surface area (Å²) < 4.78 is 91.4. The summed E-state index contributed by atoms with van der Waals surface area (Å²) in [6.45, 7) is 6.69. The summed E-state index contributed by atoms with van der Waals surface area (Å²) in [5, 5.41) is 0. The highest BCUT2D eigenvalue weighted by molar-refractivity contribution is 7.99. The zero-order valence-corrected chi connectivity index (χ0v) is 29.5.